The zero-order valence-electron chi connectivity index (χ0n) is 12.0. The Morgan fingerprint density at radius 1 is 1.32 bits per heavy atom. The lowest BCUT2D eigenvalue weighted by Gasteiger charge is -2.19. The molecule has 4 heteroatoms. The van der Waals surface area contributed by atoms with Gasteiger partial charge in [-0.2, -0.15) is 0 Å². The van der Waals surface area contributed by atoms with Gasteiger partial charge in [-0.25, -0.2) is 0 Å². The van der Waals surface area contributed by atoms with Crippen LogP contribution in [0.25, 0.3) is 0 Å². The SMILES string of the molecule is Cc1cc(Cl)cc(C)c1CNCCC(C)(C)C(=O)O. The maximum atomic E-state index is 11.0. The zero-order valence-corrected chi connectivity index (χ0v) is 12.8. The highest BCUT2D eigenvalue weighted by atomic mass is 35.5. The van der Waals surface area contributed by atoms with Crippen LogP contribution in [0.15, 0.2) is 12.1 Å². The average Bonchev–Trinajstić information content (AvgIpc) is 2.26. The molecule has 3 nitrogen and oxygen atoms in total. The molecule has 0 aliphatic heterocycles. The monoisotopic (exact) mass is 283 g/mol. The minimum absolute atomic E-state index is 0.605. The lowest BCUT2D eigenvalue weighted by atomic mass is 9.89. The molecule has 1 rings (SSSR count). The summed E-state index contributed by atoms with van der Waals surface area (Å²) in [5.41, 5.74) is 2.87. The molecule has 0 saturated carbocycles. The van der Waals surface area contributed by atoms with Gasteiger partial charge in [-0.3, -0.25) is 4.79 Å². The van der Waals surface area contributed by atoms with Gasteiger partial charge in [0.05, 0.1) is 5.41 Å². The van der Waals surface area contributed by atoms with Gasteiger partial charge in [0.2, 0.25) is 0 Å². The van der Waals surface area contributed by atoms with Crippen molar-refractivity contribution in [1.29, 1.82) is 0 Å². The van der Waals surface area contributed by atoms with Crippen molar-refractivity contribution in [3.05, 3.63) is 33.8 Å². The van der Waals surface area contributed by atoms with E-state index in [1.807, 2.05) is 26.0 Å². The molecule has 0 atom stereocenters. The fourth-order valence-electron chi connectivity index (χ4n) is 1.94. The van der Waals surface area contributed by atoms with Crippen molar-refractivity contribution in [3.63, 3.8) is 0 Å². The molecule has 106 valence electrons. The summed E-state index contributed by atoms with van der Waals surface area (Å²) in [6.07, 6.45) is 0.605. The van der Waals surface area contributed by atoms with E-state index in [4.69, 9.17) is 16.7 Å². The van der Waals surface area contributed by atoms with Crippen LogP contribution in [0.5, 0.6) is 0 Å². The second-order valence-electron chi connectivity index (χ2n) is 5.63. The Morgan fingerprint density at radius 3 is 2.32 bits per heavy atom. The topological polar surface area (TPSA) is 49.3 Å². The van der Waals surface area contributed by atoms with Gasteiger partial charge in [0.15, 0.2) is 0 Å². The summed E-state index contributed by atoms with van der Waals surface area (Å²) in [4.78, 5) is 11.0. The number of carbonyl (C=O) groups is 1. The molecular formula is C15H22ClNO2. The van der Waals surface area contributed by atoms with Crippen LogP contribution in [0, 0.1) is 19.3 Å². The van der Waals surface area contributed by atoms with E-state index in [-0.39, 0.29) is 0 Å². The summed E-state index contributed by atoms with van der Waals surface area (Å²) < 4.78 is 0. The predicted octanol–water partition coefficient (Wildman–Crippen LogP) is 3.55. The Bertz CT molecular complexity index is 446. The number of halogens is 1. The van der Waals surface area contributed by atoms with Gasteiger partial charge in [-0.1, -0.05) is 11.6 Å². The zero-order chi connectivity index (χ0) is 14.6. The van der Waals surface area contributed by atoms with Crippen molar-refractivity contribution < 1.29 is 9.90 Å². The van der Waals surface area contributed by atoms with E-state index in [1.165, 1.54) is 5.56 Å². The van der Waals surface area contributed by atoms with E-state index in [0.717, 1.165) is 22.7 Å². The van der Waals surface area contributed by atoms with E-state index in [9.17, 15) is 4.79 Å². The fraction of sp³-hybridized carbons (Fsp3) is 0.533. The van der Waals surface area contributed by atoms with E-state index in [1.54, 1.807) is 13.8 Å². The highest BCUT2D eigenvalue weighted by Crippen LogP contribution is 2.21. The van der Waals surface area contributed by atoms with Crippen LogP contribution in [0.2, 0.25) is 5.02 Å². The van der Waals surface area contributed by atoms with Crippen LogP contribution in [0.4, 0.5) is 0 Å². The first-order valence-corrected chi connectivity index (χ1v) is 6.81. The van der Waals surface area contributed by atoms with Crippen molar-refractivity contribution in [3.8, 4) is 0 Å². The minimum Gasteiger partial charge on any atom is -0.481 e. The maximum absolute atomic E-state index is 11.0. The van der Waals surface area contributed by atoms with Crippen molar-refractivity contribution in [2.45, 2.75) is 40.7 Å². The smallest absolute Gasteiger partial charge is 0.309 e. The Balaban J connectivity index is 2.53. The van der Waals surface area contributed by atoms with Crippen molar-refractivity contribution >= 4 is 17.6 Å². The molecule has 0 aliphatic carbocycles. The number of aryl methyl sites for hydroxylation is 2. The van der Waals surface area contributed by atoms with Crippen molar-refractivity contribution in [2.24, 2.45) is 5.41 Å². The van der Waals surface area contributed by atoms with Crippen LogP contribution in [0.1, 0.15) is 37.0 Å². The summed E-state index contributed by atoms with van der Waals surface area (Å²) in [7, 11) is 0. The molecule has 0 unspecified atom stereocenters. The predicted molar refractivity (Wildman–Crippen MR) is 78.7 cm³/mol. The molecule has 1 aromatic rings. The Hall–Kier alpha value is -1.06. The third-order valence-electron chi connectivity index (χ3n) is 3.47. The second kappa shape index (κ2) is 6.40. The number of carboxylic acid groups (broad SMARTS) is 1. The van der Waals surface area contributed by atoms with Crippen LogP contribution < -0.4 is 5.32 Å². The molecule has 0 aromatic heterocycles. The summed E-state index contributed by atoms with van der Waals surface area (Å²) in [6, 6.07) is 3.90. The van der Waals surface area contributed by atoms with E-state index >= 15 is 0 Å². The molecule has 19 heavy (non-hydrogen) atoms. The fourth-order valence-corrected chi connectivity index (χ4v) is 2.27. The van der Waals surface area contributed by atoms with Crippen LogP contribution in [0.3, 0.4) is 0 Å². The standard InChI is InChI=1S/C15H22ClNO2/c1-10-7-12(16)8-11(2)13(10)9-17-6-5-15(3,4)14(18)19/h7-8,17H,5-6,9H2,1-4H3,(H,18,19). The molecular weight excluding hydrogens is 262 g/mol. The lowest BCUT2D eigenvalue weighted by molar-refractivity contribution is -0.147. The van der Waals surface area contributed by atoms with Gasteiger partial charge in [0.1, 0.15) is 0 Å². The number of benzene rings is 1. The third-order valence-corrected chi connectivity index (χ3v) is 3.69. The number of rotatable bonds is 6. The molecule has 0 saturated heterocycles. The summed E-state index contributed by atoms with van der Waals surface area (Å²) in [5.74, 6) is -0.756. The molecule has 0 heterocycles. The van der Waals surface area contributed by atoms with Crippen LogP contribution >= 0.6 is 11.6 Å². The number of hydrogen-bond donors (Lipinski definition) is 2. The first-order valence-electron chi connectivity index (χ1n) is 6.44. The van der Waals surface area contributed by atoms with Gasteiger partial charge >= 0.3 is 5.97 Å². The lowest BCUT2D eigenvalue weighted by Crippen LogP contribution is -2.29. The third kappa shape index (κ3) is 4.51. The maximum Gasteiger partial charge on any atom is 0.309 e. The van der Waals surface area contributed by atoms with Gasteiger partial charge < -0.3 is 10.4 Å². The Morgan fingerprint density at radius 2 is 1.84 bits per heavy atom. The van der Waals surface area contributed by atoms with Gasteiger partial charge in [-0.05, 0) is 69.5 Å². The highest BCUT2D eigenvalue weighted by molar-refractivity contribution is 6.30. The molecule has 0 radical (unpaired) electrons. The largest absolute Gasteiger partial charge is 0.481 e. The molecule has 1 aromatic carbocycles. The molecule has 0 bridgehead atoms. The quantitative estimate of drug-likeness (QED) is 0.785. The van der Waals surface area contributed by atoms with Gasteiger partial charge in [0.25, 0.3) is 0 Å². The Kier molecular flexibility index (Phi) is 5.39. The normalized spacial score (nSPS) is 11.6. The van der Waals surface area contributed by atoms with Crippen molar-refractivity contribution in [1.82, 2.24) is 5.32 Å². The summed E-state index contributed by atoms with van der Waals surface area (Å²) in [6.45, 7) is 8.99. The first kappa shape index (κ1) is 16.0. The first-order chi connectivity index (χ1) is 8.74. The van der Waals surface area contributed by atoms with Gasteiger partial charge in [0, 0.05) is 11.6 Å². The molecule has 2 N–H and O–H groups in total. The summed E-state index contributed by atoms with van der Waals surface area (Å²) in [5, 5.41) is 13.1. The molecule has 0 spiro atoms. The van der Waals surface area contributed by atoms with Crippen LogP contribution in [-0.4, -0.2) is 17.6 Å². The van der Waals surface area contributed by atoms with Gasteiger partial charge in [-0.15, -0.1) is 0 Å². The van der Waals surface area contributed by atoms with Crippen molar-refractivity contribution in [2.75, 3.05) is 6.54 Å². The number of hydrogen-bond acceptors (Lipinski definition) is 2. The average molecular weight is 284 g/mol. The molecule has 0 aliphatic rings. The molecule has 0 amide bonds. The number of carboxylic acids is 1. The van der Waals surface area contributed by atoms with Crippen LogP contribution in [-0.2, 0) is 11.3 Å². The number of nitrogens with one attached hydrogen (secondary N) is 1. The van der Waals surface area contributed by atoms with E-state index in [0.29, 0.717) is 13.0 Å². The highest BCUT2D eigenvalue weighted by Gasteiger charge is 2.26. The number of aliphatic carboxylic acids is 1. The van der Waals surface area contributed by atoms with E-state index < -0.39 is 11.4 Å². The Labute approximate surface area is 120 Å². The van der Waals surface area contributed by atoms with E-state index in [2.05, 4.69) is 5.32 Å². The minimum atomic E-state index is -0.756. The molecule has 0 fully saturated rings. The second-order valence-corrected chi connectivity index (χ2v) is 6.07. The summed E-state index contributed by atoms with van der Waals surface area (Å²) >= 11 is 5.99.